The second kappa shape index (κ2) is 5.31. The molecule has 15 heavy (non-hydrogen) atoms. The SMILES string of the molecule is CCC1CCN(CC(C)C2CC2)CCN1. The summed E-state index contributed by atoms with van der Waals surface area (Å²) in [4.78, 5) is 2.67. The Morgan fingerprint density at radius 3 is 2.73 bits per heavy atom. The molecule has 2 rings (SSSR count). The molecule has 2 aliphatic rings. The second-order valence-corrected chi connectivity index (χ2v) is 5.46. The van der Waals surface area contributed by atoms with E-state index in [1.807, 2.05) is 0 Å². The number of hydrogen-bond acceptors (Lipinski definition) is 2. The number of nitrogens with zero attached hydrogens (tertiary/aromatic N) is 1. The minimum Gasteiger partial charge on any atom is -0.313 e. The Labute approximate surface area is 94.4 Å². The molecule has 2 unspecified atom stereocenters. The van der Waals surface area contributed by atoms with E-state index in [-0.39, 0.29) is 0 Å². The van der Waals surface area contributed by atoms with Gasteiger partial charge in [-0.25, -0.2) is 0 Å². The van der Waals surface area contributed by atoms with Gasteiger partial charge in [-0.15, -0.1) is 0 Å². The first-order valence-electron chi connectivity index (χ1n) is 6.75. The van der Waals surface area contributed by atoms with Crippen LogP contribution in [0.15, 0.2) is 0 Å². The van der Waals surface area contributed by atoms with E-state index in [1.165, 1.54) is 51.9 Å². The average Bonchev–Trinajstić information content (AvgIpc) is 3.05. The molecule has 2 nitrogen and oxygen atoms in total. The van der Waals surface area contributed by atoms with Crippen molar-refractivity contribution in [1.29, 1.82) is 0 Å². The molecule has 1 aliphatic heterocycles. The molecule has 1 saturated carbocycles. The van der Waals surface area contributed by atoms with E-state index in [9.17, 15) is 0 Å². The molecule has 0 aromatic rings. The summed E-state index contributed by atoms with van der Waals surface area (Å²) in [5, 5.41) is 3.64. The maximum atomic E-state index is 3.64. The molecular formula is C13H26N2. The van der Waals surface area contributed by atoms with Gasteiger partial charge in [0.25, 0.3) is 0 Å². The zero-order valence-corrected chi connectivity index (χ0v) is 10.3. The van der Waals surface area contributed by atoms with Crippen molar-refractivity contribution in [3.8, 4) is 0 Å². The standard InChI is InChI=1S/C13H26N2/c1-3-13-6-8-15(9-7-14-13)10-11(2)12-4-5-12/h11-14H,3-10H2,1-2H3. The van der Waals surface area contributed by atoms with Gasteiger partial charge in [0.1, 0.15) is 0 Å². The summed E-state index contributed by atoms with van der Waals surface area (Å²) in [5.74, 6) is 1.99. The van der Waals surface area contributed by atoms with Crippen LogP contribution in [0.3, 0.4) is 0 Å². The second-order valence-electron chi connectivity index (χ2n) is 5.46. The van der Waals surface area contributed by atoms with E-state index in [0.717, 1.165) is 17.9 Å². The minimum absolute atomic E-state index is 0.770. The third-order valence-electron chi connectivity index (χ3n) is 4.12. The molecule has 88 valence electrons. The van der Waals surface area contributed by atoms with Crippen LogP contribution < -0.4 is 5.32 Å². The normalized spacial score (nSPS) is 31.2. The molecule has 0 aromatic carbocycles. The predicted molar refractivity (Wildman–Crippen MR) is 65.0 cm³/mol. The van der Waals surface area contributed by atoms with Crippen LogP contribution in [0.4, 0.5) is 0 Å². The van der Waals surface area contributed by atoms with E-state index < -0.39 is 0 Å². The van der Waals surface area contributed by atoms with E-state index in [0.29, 0.717) is 0 Å². The van der Waals surface area contributed by atoms with Crippen LogP contribution in [0, 0.1) is 11.8 Å². The Kier molecular flexibility index (Phi) is 4.04. The van der Waals surface area contributed by atoms with Crippen LogP contribution in [0.1, 0.15) is 39.5 Å². The summed E-state index contributed by atoms with van der Waals surface area (Å²) in [5.41, 5.74) is 0. The average molecular weight is 210 g/mol. The molecule has 0 bridgehead atoms. The van der Waals surface area contributed by atoms with Gasteiger partial charge < -0.3 is 10.2 Å². The highest BCUT2D eigenvalue weighted by Gasteiger charge is 2.29. The fourth-order valence-electron chi connectivity index (χ4n) is 2.73. The number of hydrogen-bond donors (Lipinski definition) is 1. The molecule has 1 heterocycles. The number of rotatable bonds is 4. The van der Waals surface area contributed by atoms with Gasteiger partial charge in [-0.2, -0.15) is 0 Å². The first-order chi connectivity index (χ1) is 7.29. The Hall–Kier alpha value is -0.0800. The van der Waals surface area contributed by atoms with Gasteiger partial charge in [-0.1, -0.05) is 13.8 Å². The maximum Gasteiger partial charge on any atom is 0.0107 e. The molecule has 2 atom stereocenters. The van der Waals surface area contributed by atoms with E-state index >= 15 is 0 Å². The van der Waals surface area contributed by atoms with Crippen LogP contribution in [-0.2, 0) is 0 Å². The van der Waals surface area contributed by atoms with Crippen molar-refractivity contribution in [1.82, 2.24) is 10.2 Å². The molecule has 0 aromatic heterocycles. The van der Waals surface area contributed by atoms with Crippen molar-refractivity contribution in [3.05, 3.63) is 0 Å². The molecule has 0 spiro atoms. The first-order valence-corrected chi connectivity index (χ1v) is 6.75. The van der Waals surface area contributed by atoms with E-state index in [2.05, 4.69) is 24.1 Å². The van der Waals surface area contributed by atoms with Gasteiger partial charge >= 0.3 is 0 Å². The molecule has 0 radical (unpaired) electrons. The zero-order chi connectivity index (χ0) is 10.7. The van der Waals surface area contributed by atoms with Gasteiger partial charge in [0.05, 0.1) is 0 Å². The Balaban J connectivity index is 1.72. The van der Waals surface area contributed by atoms with Gasteiger partial charge in [0, 0.05) is 25.7 Å². The van der Waals surface area contributed by atoms with Crippen LogP contribution >= 0.6 is 0 Å². The summed E-state index contributed by atoms with van der Waals surface area (Å²) >= 11 is 0. The topological polar surface area (TPSA) is 15.3 Å². The van der Waals surface area contributed by atoms with Crippen LogP contribution in [-0.4, -0.2) is 37.1 Å². The predicted octanol–water partition coefficient (Wildman–Crippen LogP) is 2.11. The molecule has 2 heteroatoms. The van der Waals surface area contributed by atoms with E-state index in [4.69, 9.17) is 0 Å². The Morgan fingerprint density at radius 2 is 2.07 bits per heavy atom. The van der Waals surface area contributed by atoms with Gasteiger partial charge in [0.2, 0.25) is 0 Å². The lowest BCUT2D eigenvalue weighted by molar-refractivity contribution is 0.238. The molecule has 0 amide bonds. The Morgan fingerprint density at radius 1 is 1.27 bits per heavy atom. The number of nitrogens with one attached hydrogen (secondary N) is 1. The van der Waals surface area contributed by atoms with Gasteiger partial charge in [-0.3, -0.25) is 0 Å². The molecule has 2 fully saturated rings. The maximum absolute atomic E-state index is 3.64. The summed E-state index contributed by atoms with van der Waals surface area (Å²) in [7, 11) is 0. The molecular weight excluding hydrogens is 184 g/mol. The lowest BCUT2D eigenvalue weighted by Crippen LogP contribution is -2.32. The smallest absolute Gasteiger partial charge is 0.0107 e. The van der Waals surface area contributed by atoms with Crippen LogP contribution in [0.25, 0.3) is 0 Å². The van der Waals surface area contributed by atoms with Crippen molar-refractivity contribution in [2.24, 2.45) is 11.8 Å². The van der Waals surface area contributed by atoms with Gasteiger partial charge in [-0.05, 0) is 44.1 Å². The van der Waals surface area contributed by atoms with Crippen molar-refractivity contribution in [2.45, 2.75) is 45.6 Å². The summed E-state index contributed by atoms with van der Waals surface area (Å²) < 4.78 is 0. The van der Waals surface area contributed by atoms with E-state index in [1.54, 1.807) is 0 Å². The zero-order valence-electron chi connectivity index (χ0n) is 10.3. The lowest BCUT2D eigenvalue weighted by atomic mass is 10.1. The van der Waals surface area contributed by atoms with Crippen molar-refractivity contribution >= 4 is 0 Å². The van der Waals surface area contributed by atoms with Crippen molar-refractivity contribution < 1.29 is 0 Å². The molecule has 1 aliphatic carbocycles. The first kappa shape index (κ1) is 11.4. The third-order valence-corrected chi connectivity index (χ3v) is 4.12. The largest absolute Gasteiger partial charge is 0.313 e. The Bertz CT molecular complexity index is 189. The summed E-state index contributed by atoms with van der Waals surface area (Å²) in [6, 6.07) is 0.770. The van der Waals surface area contributed by atoms with Crippen molar-refractivity contribution in [3.63, 3.8) is 0 Å². The monoisotopic (exact) mass is 210 g/mol. The van der Waals surface area contributed by atoms with Crippen LogP contribution in [0.5, 0.6) is 0 Å². The summed E-state index contributed by atoms with van der Waals surface area (Å²) in [6.45, 7) is 9.82. The molecule has 1 N–H and O–H groups in total. The highest BCUT2D eigenvalue weighted by atomic mass is 15.2. The quantitative estimate of drug-likeness (QED) is 0.764. The fourth-order valence-corrected chi connectivity index (χ4v) is 2.73. The highest BCUT2D eigenvalue weighted by molar-refractivity contribution is 4.82. The highest BCUT2D eigenvalue weighted by Crippen LogP contribution is 2.36. The minimum atomic E-state index is 0.770. The van der Waals surface area contributed by atoms with Gasteiger partial charge in [0.15, 0.2) is 0 Å². The lowest BCUT2D eigenvalue weighted by Gasteiger charge is -2.23. The van der Waals surface area contributed by atoms with Crippen molar-refractivity contribution in [2.75, 3.05) is 26.2 Å². The third kappa shape index (κ3) is 3.46. The summed E-state index contributed by atoms with van der Waals surface area (Å²) in [6.07, 6.45) is 5.61. The fraction of sp³-hybridized carbons (Fsp3) is 1.00. The van der Waals surface area contributed by atoms with Crippen LogP contribution in [0.2, 0.25) is 0 Å². The molecule has 1 saturated heterocycles.